The summed E-state index contributed by atoms with van der Waals surface area (Å²) >= 11 is 0. The van der Waals surface area contributed by atoms with Crippen LogP contribution in [0.15, 0.2) is 182 Å². The molecular weight excluding hydrogens is 1920 g/mol. The van der Waals surface area contributed by atoms with Gasteiger partial charge in [0.2, 0.25) is 11.8 Å². The maximum atomic E-state index is 14.2. The zero-order valence-electron chi connectivity index (χ0n) is 84.8. The molecule has 0 saturated heterocycles. The van der Waals surface area contributed by atoms with E-state index < -0.39 is 15.4 Å². The number of carbonyl (C=O) groups excluding carboxylic acids is 8. The summed E-state index contributed by atoms with van der Waals surface area (Å²) in [5.41, 5.74) is 21.6. The third-order valence-electron chi connectivity index (χ3n) is 29.4. The fraction of sp³-hybridized carbons (Fsp3) is 0.419. The van der Waals surface area contributed by atoms with Crippen LogP contribution in [-0.2, 0) is 111 Å². The first-order valence-corrected chi connectivity index (χ1v) is 56.3. The highest BCUT2D eigenvalue weighted by atomic mass is 33.1. The molecule has 10 aromatic carbocycles. The molecule has 6 amide bonds. The molecule has 0 aliphatic carbocycles. The van der Waals surface area contributed by atoms with E-state index >= 15 is 0 Å². The van der Waals surface area contributed by atoms with Gasteiger partial charge in [0.1, 0.15) is 49.0 Å². The van der Waals surface area contributed by atoms with E-state index in [2.05, 4.69) is 55.3 Å². The summed E-state index contributed by atoms with van der Waals surface area (Å²) in [4.78, 5) is 120. The molecule has 0 radical (unpaired) electrons. The molecule has 8 aliphatic rings. The van der Waals surface area contributed by atoms with Gasteiger partial charge >= 0.3 is 0 Å². The molecule has 0 fully saturated rings. The monoisotopic (exact) mass is 2050 g/mol. The van der Waals surface area contributed by atoms with Crippen LogP contribution in [0, 0.1) is 13.8 Å². The van der Waals surface area contributed by atoms with Crippen molar-refractivity contribution in [1.82, 2.24) is 0 Å². The Balaban J connectivity index is 0.000000207. The average molecular weight is 2060 g/mol. The number of rotatable bonds is 38. The molecule has 0 spiro atoms. The Kier molecular flexibility index (Phi) is 33.6. The Morgan fingerprint density at radius 3 is 1.09 bits per heavy atom. The molecule has 10 aromatic rings. The van der Waals surface area contributed by atoms with Crippen molar-refractivity contribution in [3.63, 3.8) is 0 Å². The first-order chi connectivity index (χ1) is 69.2. The number of anilines is 6. The van der Waals surface area contributed by atoms with Crippen molar-refractivity contribution in [2.45, 2.75) is 275 Å². The second-order valence-electron chi connectivity index (χ2n) is 40.4. The lowest BCUT2D eigenvalue weighted by Crippen LogP contribution is -2.36. The van der Waals surface area contributed by atoms with E-state index in [0.29, 0.717) is 106 Å². The lowest BCUT2D eigenvalue weighted by Gasteiger charge is -2.26. The van der Waals surface area contributed by atoms with Crippen LogP contribution in [0.25, 0.3) is 0 Å². The van der Waals surface area contributed by atoms with Crippen LogP contribution in [0.3, 0.4) is 0 Å². The second kappa shape index (κ2) is 45.8. The van der Waals surface area contributed by atoms with Crippen LogP contribution < -0.4 is 57.8 Å². The minimum Gasteiger partial charge on any atom is -0.493 e. The van der Waals surface area contributed by atoms with Crippen molar-refractivity contribution in [3.8, 4) is 34.5 Å². The Bertz CT molecular complexity index is 6720. The molecule has 0 bridgehead atoms. The van der Waals surface area contributed by atoms with Crippen molar-refractivity contribution in [1.29, 1.82) is 0 Å². The number of fused-ring (bicyclic) bond motifs is 16. The van der Waals surface area contributed by atoms with Gasteiger partial charge in [-0.15, -0.1) is 0 Å². The van der Waals surface area contributed by atoms with Crippen molar-refractivity contribution in [3.05, 3.63) is 282 Å². The van der Waals surface area contributed by atoms with Gasteiger partial charge in [0.15, 0.2) is 28.8 Å². The third-order valence-corrected chi connectivity index (χ3v) is 38.4. The highest BCUT2D eigenvalue weighted by Gasteiger charge is 2.44. The normalized spacial score (nSPS) is 17.1. The largest absolute Gasteiger partial charge is 0.493 e. The molecule has 18 rings (SSSR count). The van der Waals surface area contributed by atoms with E-state index in [0.717, 1.165) is 180 Å². The van der Waals surface area contributed by atoms with E-state index in [9.17, 15) is 46.8 Å². The molecule has 8 aliphatic heterocycles. The van der Waals surface area contributed by atoms with Crippen LogP contribution in [0.1, 0.15) is 259 Å². The summed E-state index contributed by atoms with van der Waals surface area (Å²) in [6.45, 7) is 18.8. The van der Waals surface area contributed by atoms with E-state index in [1.807, 2.05) is 207 Å². The summed E-state index contributed by atoms with van der Waals surface area (Å²) in [5, 5.41) is -0.872. The minimum atomic E-state index is -3.99. The lowest BCUT2D eigenvalue weighted by atomic mass is 9.98. The van der Waals surface area contributed by atoms with Gasteiger partial charge in [-0.25, -0.2) is 0 Å². The molecule has 8 heterocycles. The molecular formula is C117H134N6O17S5. The number of ketones is 2. The number of carbonyl (C=O) groups is 8. The SMILES string of the molecule is C.CCC(=O)C(CCSSC(C)(C)CCC(=O)N(C)c1cc(COc2cc3c(cc2C)C(=O)N2c4ccccc4C[C@H]2CC3)cc(COc2cc3c(cc2OC)C(=O)N2c4ccccc4C[C@H]2CC3)c1)S(=O)(=O)OC.CCC(=O)CCC(C)SSC(C)(C)CCC(=O)N(C)c1cc(COc2cc3c(cc2C)C(=O)N2c4ccccc4C[C@H]2CC3)cc(COc2cc3c(cc2OC)C(=O)N2c4ccccc4C[C@H]2CC3)c1. The zero-order chi connectivity index (χ0) is 102. The van der Waals surface area contributed by atoms with Gasteiger partial charge in [-0.1, -0.05) is 144 Å². The van der Waals surface area contributed by atoms with Crippen LogP contribution in [0.4, 0.5) is 34.1 Å². The topological polar surface area (TPSA) is 255 Å². The molecule has 23 nitrogen and oxygen atoms in total. The fourth-order valence-corrected chi connectivity index (χ4v) is 27.7. The predicted molar refractivity (Wildman–Crippen MR) is 584 cm³/mol. The number of amides is 6. The number of Topliss-reactive ketones (excluding diaryl/α,β-unsaturated/α-hetero) is 2. The van der Waals surface area contributed by atoms with Gasteiger partial charge in [-0.3, -0.25) is 42.5 Å². The highest BCUT2D eigenvalue weighted by molar-refractivity contribution is 8.77. The second-order valence-corrected chi connectivity index (χ2v) is 48.7. The molecule has 2 unspecified atom stereocenters. The molecule has 28 heteroatoms. The maximum absolute atomic E-state index is 14.2. The molecule has 0 aromatic heterocycles. The van der Waals surface area contributed by atoms with Crippen LogP contribution in [-0.4, -0.2) is 141 Å². The van der Waals surface area contributed by atoms with Crippen molar-refractivity contribution < 1.29 is 79.4 Å². The van der Waals surface area contributed by atoms with Crippen LogP contribution in [0.2, 0.25) is 0 Å². The summed E-state index contributed by atoms with van der Waals surface area (Å²) in [6, 6.07) is 60.5. The number of nitrogens with zero attached hydrogens (tertiary/aromatic N) is 6. The Labute approximate surface area is 869 Å². The number of methoxy groups -OCH3 is 2. The minimum absolute atomic E-state index is 0. The van der Waals surface area contributed by atoms with E-state index in [4.69, 9.17) is 28.4 Å². The van der Waals surface area contributed by atoms with Crippen LogP contribution >= 0.6 is 43.2 Å². The first kappa shape index (κ1) is 106. The van der Waals surface area contributed by atoms with Crippen molar-refractivity contribution in [2.24, 2.45) is 0 Å². The summed E-state index contributed by atoms with van der Waals surface area (Å²) in [7, 11) is 10.5. The van der Waals surface area contributed by atoms with Gasteiger partial charge in [-0.2, -0.15) is 8.42 Å². The average Bonchev–Trinajstić information content (AvgIpc) is 1.62. The molecule has 0 N–H and O–H groups in total. The van der Waals surface area contributed by atoms with Gasteiger partial charge in [0.05, 0.1) is 21.3 Å². The summed E-state index contributed by atoms with van der Waals surface area (Å²) in [5.74, 6) is 3.64. The maximum Gasteiger partial charge on any atom is 0.277 e. The predicted octanol–water partition coefficient (Wildman–Crippen LogP) is 23.7. The molecule has 145 heavy (non-hydrogen) atoms. The molecule has 6 atom stereocenters. The van der Waals surface area contributed by atoms with Gasteiger partial charge < -0.3 is 57.8 Å². The number of ether oxygens (including phenoxy) is 6. The number of benzene rings is 10. The standard InChI is InChI=1S/C58H65N3O10S3.C58H65N3O7S2.CH4/c1-8-50(62)54(74(66,67)69-7)22-24-72-73-58(3,4)23-21-55(63)59(5)45-27-37(34-70-51-31-39-17-19-43-29-41-13-9-11-15-48(41)60(43)56(64)46(39)25-36(51)2)26-38(28-45)35-71-53-32-40-18-20-44-30-42-14-10-12-16-49(42)61(44)57(65)47(40)33-52(53)68-6;1-8-47(62)22-17-37(3)69-70-58(4,5)24-23-55(63)59(6)46-27-38(34-67-52-31-40-18-20-44-29-42-13-9-11-15-50(42)60(44)56(64)48(40)25-36(52)2)26-39(28-46)35-68-54-32-41-19-21-45-30-43-14-10-12-16-51(43)61(45)57(65)49(41)33-53(54)66-7;/h9-16,25-28,31-33,43-44,54H,8,17-24,29-30,34-35H2,1-7H3;9-16,25-28,31-33,37,44-45H,8,17-24,29-30,34-35H2,1-7H3;1H4/t43-,44-,54?;37?,44-,45-;/m11./s1. The Hall–Kier alpha value is -11.5. The number of aryl methyl sites for hydroxylation is 6. The summed E-state index contributed by atoms with van der Waals surface area (Å²) < 4.78 is 67.2. The first-order valence-electron chi connectivity index (χ1n) is 50.3. The summed E-state index contributed by atoms with van der Waals surface area (Å²) in [6.07, 6.45) is 13.8. The van der Waals surface area contributed by atoms with Gasteiger partial charge in [0.25, 0.3) is 33.7 Å². The molecule has 764 valence electrons. The highest BCUT2D eigenvalue weighted by Crippen LogP contribution is 2.49. The van der Waals surface area contributed by atoms with E-state index in [1.165, 1.54) is 33.0 Å². The van der Waals surface area contributed by atoms with Gasteiger partial charge in [0, 0.05) is 147 Å². The van der Waals surface area contributed by atoms with E-state index in [1.54, 1.807) is 76.4 Å². The quantitative estimate of drug-likeness (QED) is 0.0198. The lowest BCUT2D eigenvalue weighted by molar-refractivity contribution is -0.119. The van der Waals surface area contributed by atoms with Crippen molar-refractivity contribution in [2.75, 3.05) is 70.6 Å². The van der Waals surface area contributed by atoms with Crippen molar-refractivity contribution >= 4 is 134 Å². The van der Waals surface area contributed by atoms with Crippen LogP contribution in [0.5, 0.6) is 34.5 Å². The third kappa shape index (κ3) is 23.7. The zero-order valence-corrected chi connectivity index (χ0v) is 88.9. The Morgan fingerprint density at radius 2 is 0.752 bits per heavy atom. The Morgan fingerprint density at radius 1 is 0.421 bits per heavy atom. The fourth-order valence-electron chi connectivity index (χ4n) is 21.2. The smallest absolute Gasteiger partial charge is 0.277 e. The number of para-hydroxylation sites is 4. The molecule has 0 saturated carbocycles. The number of hydrogen-bond donors (Lipinski definition) is 0. The van der Waals surface area contributed by atoms with E-state index in [-0.39, 0.29) is 128 Å². The van der Waals surface area contributed by atoms with Gasteiger partial charge in [-0.05, 0) is 331 Å². The number of hydrogen-bond acceptors (Lipinski definition) is 21.